The zero-order valence-corrected chi connectivity index (χ0v) is 12.2. The number of nitrogens with one attached hydrogen (secondary N) is 2. The number of rotatable bonds is 0. The first kappa shape index (κ1) is 11.6. The highest BCUT2D eigenvalue weighted by molar-refractivity contribution is 5.71. The summed E-state index contributed by atoms with van der Waals surface area (Å²) in [6.45, 7) is 4.67. The molecule has 2 aromatic carbocycles. The Morgan fingerprint density at radius 3 is 1.67 bits per heavy atom. The molecule has 21 heavy (non-hydrogen) atoms. The highest BCUT2D eigenvalue weighted by atomic mass is 16.5. The molecule has 3 aliphatic heterocycles. The standard InChI is InChI=1S/C18H18N2O/c1-17-11-7-3-5-9-13(11)19-15(17)21-16-18(17,2)12-8-4-6-10-14(12)20-16/h3-10,15-16,19-20H,1-2H3. The summed E-state index contributed by atoms with van der Waals surface area (Å²) in [5.41, 5.74) is 4.97. The Bertz CT molecular complexity index is 695. The third-order valence-corrected chi connectivity index (χ3v) is 5.95. The number of benzene rings is 2. The molecule has 4 unspecified atom stereocenters. The van der Waals surface area contributed by atoms with E-state index in [1.54, 1.807) is 0 Å². The summed E-state index contributed by atoms with van der Waals surface area (Å²) >= 11 is 0. The Balaban J connectivity index is 1.80. The van der Waals surface area contributed by atoms with E-state index in [2.05, 4.69) is 73.0 Å². The van der Waals surface area contributed by atoms with Crippen LogP contribution in [0.5, 0.6) is 0 Å². The molecule has 0 amide bonds. The number of para-hydroxylation sites is 2. The van der Waals surface area contributed by atoms with E-state index in [4.69, 9.17) is 4.74 Å². The van der Waals surface area contributed by atoms with Gasteiger partial charge in [-0.05, 0) is 23.3 Å². The summed E-state index contributed by atoms with van der Waals surface area (Å²) in [4.78, 5) is 0. The lowest BCUT2D eigenvalue weighted by atomic mass is 9.60. The zero-order valence-electron chi connectivity index (χ0n) is 12.2. The summed E-state index contributed by atoms with van der Waals surface area (Å²) in [5, 5.41) is 7.12. The number of hydrogen-bond donors (Lipinski definition) is 2. The van der Waals surface area contributed by atoms with Crippen LogP contribution < -0.4 is 10.6 Å². The van der Waals surface area contributed by atoms with E-state index in [0.29, 0.717) is 0 Å². The normalized spacial score (nSPS) is 38.0. The summed E-state index contributed by atoms with van der Waals surface area (Å²) in [5.74, 6) is 0. The van der Waals surface area contributed by atoms with E-state index in [0.717, 1.165) is 0 Å². The molecular formula is C18H18N2O. The van der Waals surface area contributed by atoms with Gasteiger partial charge in [0.15, 0.2) is 0 Å². The van der Waals surface area contributed by atoms with Crippen LogP contribution >= 0.6 is 0 Å². The third-order valence-electron chi connectivity index (χ3n) is 5.95. The first-order valence-electron chi connectivity index (χ1n) is 7.53. The molecule has 0 aromatic heterocycles. The van der Waals surface area contributed by atoms with Gasteiger partial charge in [-0.25, -0.2) is 0 Å². The monoisotopic (exact) mass is 278 g/mol. The average molecular weight is 278 g/mol. The Kier molecular flexibility index (Phi) is 1.90. The Hall–Kier alpha value is -2.00. The molecule has 3 heteroatoms. The largest absolute Gasteiger partial charge is 0.359 e. The molecule has 0 spiro atoms. The molecule has 5 rings (SSSR count). The lowest BCUT2D eigenvalue weighted by Crippen LogP contribution is -2.48. The maximum atomic E-state index is 6.36. The number of hydrogen-bond acceptors (Lipinski definition) is 3. The molecule has 0 saturated carbocycles. The first-order chi connectivity index (χ1) is 10.2. The van der Waals surface area contributed by atoms with Crippen molar-refractivity contribution in [2.45, 2.75) is 37.1 Å². The van der Waals surface area contributed by atoms with Crippen molar-refractivity contribution >= 4 is 11.4 Å². The van der Waals surface area contributed by atoms with Gasteiger partial charge < -0.3 is 15.4 Å². The van der Waals surface area contributed by atoms with Crippen LogP contribution in [-0.4, -0.2) is 12.5 Å². The minimum atomic E-state index is -0.0755. The van der Waals surface area contributed by atoms with E-state index in [1.165, 1.54) is 22.5 Å². The van der Waals surface area contributed by atoms with E-state index in [1.807, 2.05) is 0 Å². The van der Waals surface area contributed by atoms with Gasteiger partial charge in [0.05, 0.1) is 10.8 Å². The molecule has 0 bridgehead atoms. The van der Waals surface area contributed by atoms with Crippen LogP contribution in [0.15, 0.2) is 48.5 Å². The van der Waals surface area contributed by atoms with Crippen LogP contribution in [0.4, 0.5) is 11.4 Å². The second-order valence-electron chi connectivity index (χ2n) is 6.68. The molecule has 0 aliphatic carbocycles. The lowest BCUT2D eigenvalue weighted by Gasteiger charge is -2.38. The molecule has 3 nitrogen and oxygen atoms in total. The lowest BCUT2D eigenvalue weighted by molar-refractivity contribution is 0.0617. The molecule has 2 N–H and O–H groups in total. The Morgan fingerprint density at radius 2 is 1.19 bits per heavy atom. The van der Waals surface area contributed by atoms with Gasteiger partial charge in [0.25, 0.3) is 0 Å². The van der Waals surface area contributed by atoms with Crippen LogP contribution in [-0.2, 0) is 15.6 Å². The van der Waals surface area contributed by atoms with E-state index >= 15 is 0 Å². The van der Waals surface area contributed by atoms with E-state index < -0.39 is 0 Å². The van der Waals surface area contributed by atoms with Crippen molar-refractivity contribution < 1.29 is 4.74 Å². The van der Waals surface area contributed by atoms with Crippen LogP contribution in [0.25, 0.3) is 0 Å². The first-order valence-corrected chi connectivity index (χ1v) is 7.53. The predicted molar refractivity (Wildman–Crippen MR) is 83.5 cm³/mol. The number of anilines is 2. The highest BCUT2D eigenvalue weighted by Crippen LogP contribution is 2.63. The third kappa shape index (κ3) is 1.09. The molecule has 1 fully saturated rings. The summed E-state index contributed by atoms with van der Waals surface area (Å²) < 4.78 is 6.36. The van der Waals surface area contributed by atoms with Crippen LogP contribution in [0.1, 0.15) is 25.0 Å². The molecule has 1 saturated heterocycles. The fourth-order valence-corrected chi connectivity index (χ4v) is 4.56. The van der Waals surface area contributed by atoms with Gasteiger partial charge in [-0.1, -0.05) is 50.2 Å². The Labute approximate surface area is 124 Å². The van der Waals surface area contributed by atoms with Crippen molar-refractivity contribution in [3.8, 4) is 0 Å². The van der Waals surface area contributed by atoms with Crippen LogP contribution in [0.3, 0.4) is 0 Å². The SMILES string of the molecule is CC12c3ccccc3NC1OC1Nc3ccccc3C12C. The highest BCUT2D eigenvalue weighted by Gasteiger charge is 2.68. The average Bonchev–Trinajstić information content (AvgIpc) is 3.02. The van der Waals surface area contributed by atoms with Crippen molar-refractivity contribution in [2.75, 3.05) is 10.6 Å². The topological polar surface area (TPSA) is 33.3 Å². The van der Waals surface area contributed by atoms with Crippen molar-refractivity contribution in [1.82, 2.24) is 0 Å². The maximum absolute atomic E-state index is 6.36. The Morgan fingerprint density at radius 1 is 0.762 bits per heavy atom. The van der Waals surface area contributed by atoms with Gasteiger partial charge in [0.2, 0.25) is 0 Å². The number of ether oxygens (including phenoxy) is 1. The molecule has 2 aromatic rings. The van der Waals surface area contributed by atoms with Crippen molar-refractivity contribution in [2.24, 2.45) is 0 Å². The molecule has 3 heterocycles. The van der Waals surface area contributed by atoms with E-state index in [9.17, 15) is 0 Å². The minimum Gasteiger partial charge on any atom is -0.359 e. The zero-order chi connectivity index (χ0) is 14.2. The minimum absolute atomic E-state index is 0.0192. The van der Waals surface area contributed by atoms with Crippen molar-refractivity contribution in [3.05, 3.63) is 59.7 Å². The van der Waals surface area contributed by atoms with Gasteiger partial charge in [-0.3, -0.25) is 0 Å². The van der Waals surface area contributed by atoms with E-state index in [-0.39, 0.29) is 23.3 Å². The van der Waals surface area contributed by atoms with Crippen molar-refractivity contribution in [1.29, 1.82) is 0 Å². The smallest absolute Gasteiger partial charge is 0.140 e. The van der Waals surface area contributed by atoms with Gasteiger partial charge in [-0.2, -0.15) is 0 Å². The van der Waals surface area contributed by atoms with Gasteiger partial charge in [-0.15, -0.1) is 0 Å². The molecule has 4 atom stereocenters. The fourth-order valence-electron chi connectivity index (χ4n) is 4.56. The van der Waals surface area contributed by atoms with Crippen molar-refractivity contribution in [3.63, 3.8) is 0 Å². The quantitative estimate of drug-likeness (QED) is 0.774. The second-order valence-corrected chi connectivity index (χ2v) is 6.68. The summed E-state index contributed by atoms with van der Waals surface area (Å²) in [7, 11) is 0. The molecule has 106 valence electrons. The second kappa shape index (κ2) is 3.42. The summed E-state index contributed by atoms with van der Waals surface area (Å²) in [6.07, 6.45) is 0.0384. The summed E-state index contributed by atoms with van der Waals surface area (Å²) in [6, 6.07) is 17.2. The molecule has 0 radical (unpaired) electrons. The predicted octanol–water partition coefficient (Wildman–Crippen LogP) is 3.44. The van der Waals surface area contributed by atoms with Gasteiger partial charge in [0.1, 0.15) is 12.5 Å². The van der Waals surface area contributed by atoms with Crippen LogP contribution in [0, 0.1) is 0 Å². The maximum Gasteiger partial charge on any atom is 0.140 e. The molecular weight excluding hydrogens is 260 g/mol. The van der Waals surface area contributed by atoms with Gasteiger partial charge >= 0.3 is 0 Å². The van der Waals surface area contributed by atoms with Gasteiger partial charge in [0, 0.05) is 11.4 Å². The number of fused-ring (bicyclic) bond motifs is 7. The molecule has 3 aliphatic rings. The fraction of sp³-hybridized carbons (Fsp3) is 0.333. The van der Waals surface area contributed by atoms with Crippen LogP contribution in [0.2, 0.25) is 0 Å².